The van der Waals surface area contributed by atoms with Crippen LogP contribution in [0.5, 0.6) is 5.75 Å². The molecule has 0 saturated carbocycles. The topological polar surface area (TPSA) is 98.9 Å². The second-order valence-corrected chi connectivity index (χ2v) is 6.42. The van der Waals surface area contributed by atoms with Gasteiger partial charge in [0.2, 0.25) is 5.60 Å². The van der Waals surface area contributed by atoms with Crippen molar-refractivity contribution >= 4 is 11.9 Å². The minimum atomic E-state index is -1.94. The van der Waals surface area contributed by atoms with E-state index in [0.717, 1.165) is 0 Å². The average Bonchev–Trinajstić information content (AvgIpc) is 2.77. The monoisotopic (exact) mass is 391 g/mol. The number of rotatable bonds is 8. The fourth-order valence-electron chi connectivity index (χ4n) is 2.89. The van der Waals surface area contributed by atoms with E-state index in [4.69, 9.17) is 15.2 Å². The van der Waals surface area contributed by atoms with Crippen LogP contribution >= 0.6 is 0 Å². The van der Waals surface area contributed by atoms with E-state index in [2.05, 4.69) is 0 Å². The normalized spacial score (nSPS) is 10.9. The Hall–Kier alpha value is -3.64. The molecule has 0 unspecified atom stereocenters. The maximum absolute atomic E-state index is 13.0. The smallest absolute Gasteiger partial charge is 0.348 e. The lowest BCUT2D eigenvalue weighted by atomic mass is 9.86. The zero-order valence-electron chi connectivity index (χ0n) is 15.7. The number of carbonyl (C=O) groups is 2. The molecule has 0 atom stereocenters. The van der Waals surface area contributed by atoms with Gasteiger partial charge in [0.1, 0.15) is 12.4 Å². The van der Waals surface area contributed by atoms with E-state index in [9.17, 15) is 14.7 Å². The third-order valence-electron chi connectivity index (χ3n) is 4.33. The lowest BCUT2D eigenvalue weighted by Gasteiger charge is -2.27. The minimum Gasteiger partial charge on any atom is -0.484 e. The summed E-state index contributed by atoms with van der Waals surface area (Å²) in [6, 6.07) is 24.0. The van der Waals surface area contributed by atoms with Crippen molar-refractivity contribution in [3.05, 3.63) is 102 Å². The van der Waals surface area contributed by atoms with E-state index in [0.29, 0.717) is 22.4 Å². The van der Waals surface area contributed by atoms with Crippen molar-refractivity contribution in [2.24, 2.45) is 5.73 Å². The molecule has 0 spiro atoms. The number of hydrogen-bond acceptors (Lipinski definition) is 5. The highest BCUT2D eigenvalue weighted by Crippen LogP contribution is 2.31. The summed E-state index contributed by atoms with van der Waals surface area (Å²) in [6.07, 6.45) is 0. The van der Waals surface area contributed by atoms with Crippen LogP contribution in [0.15, 0.2) is 84.9 Å². The quantitative estimate of drug-likeness (QED) is 0.575. The average molecular weight is 391 g/mol. The van der Waals surface area contributed by atoms with Crippen LogP contribution in [0.4, 0.5) is 0 Å². The van der Waals surface area contributed by atoms with Crippen molar-refractivity contribution in [2.45, 2.75) is 12.2 Å². The van der Waals surface area contributed by atoms with Gasteiger partial charge in [-0.25, -0.2) is 4.79 Å². The molecule has 0 bridgehead atoms. The number of ether oxygens (including phenoxy) is 2. The van der Waals surface area contributed by atoms with Crippen LogP contribution < -0.4 is 10.5 Å². The molecule has 0 aliphatic carbocycles. The van der Waals surface area contributed by atoms with Crippen LogP contribution in [0.1, 0.15) is 16.7 Å². The van der Waals surface area contributed by atoms with Crippen LogP contribution in [0.2, 0.25) is 0 Å². The highest BCUT2D eigenvalue weighted by molar-refractivity contribution is 5.85. The summed E-state index contributed by atoms with van der Waals surface area (Å²) in [5, 5.41) is 11.3. The van der Waals surface area contributed by atoms with Gasteiger partial charge in [-0.2, -0.15) is 0 Å². The van der Waals surface area contributed by atoms with Gasteiger partial charge in [0.05, 0.1) is 0 Å². The van der Waals surface area contributed by atoms with Crippen molar-refractivity contribution in [2.75, 3.05) is 6.61 Å². The Bertz CT molecular complexity index is 933. The van der Waals surface area contributed by atoms with Gasteiger partial charge in [-0.1, -0.05) is 72.8 Å². The number of nitrogens with two attached hydrogens (primary N) is 1. The molecule has 3 rings (SSSR count). The summed E-state index contributed by atoms with van der Waals surface area (Å²) in [5.41, 5.74) is 4.60. The lowest BCUT2D eigenvalue weighted by Crippen LogP contribution is -2.38. The SMILES string of the molecule is NC(=O)COc1cccc(COC(=O)C(O)(c2ccccc2)c2ccccc2)c1. The van der Waals surface area contributed by atoms with Gasteiger partial charge in [0, 0.05) is 0 Å². The number of hydrogen-bond donors (Lipinski definition) is 2. The lowest BCUT2D eigenvalue weighted by molar-refractivity contribution is -0.163. The highest BCUT2D eigenvalue weighted by Gasteiger charge is 2.41. The molecule has 3 aromatic carbocycles. The van der Waals surface area contributed by atoms with Crippen LogP contribution in [0, 0.1) is 0 Å². The van der Waals surface area contributed by atoms with Crippen molar-refractivity contribution < 1.29 is 24.2 Å². The number of carbonyl (C=O) groups excluding carboxylic acids is 2. The van der Waals surface area contributed by atoms with Crippen LogP contribution in [0.25, 0.3) is 0 Å². The van der Waals surface area contributed by atoms with E-state index >= 15 is 0 Å². The number of esters is 1. The van der Waals surface area contributed by atoms with Gasteiger partial charge >= 0.3 is 5.97 Å². The first-order valence-corrected chi connectivity index (χ1v) is 9.01. The zero-order valence-corrected chi connectivity index (χ0v) is 15.7. The van der Waals surface area contributed by atoms with Crippen molar-refractivity contribution in [3.63, 3.8) is 0 Å². The number of benzene rings is 3. The Kier molecular flexibility index (Phi) is 6.26. The highest BCUT2D eigenvalue weighted by atomic mass is 16.5. The molecule has 0 aliphatic heterocycles. The molecule has 0 aliphatic rings. The van der Waals surface area contributed by atoms with Crippen LogP contribution in [0.3, 0.4) is 0 Å². The molecule has 6 nitrogen and oxygen atoms in total. The van der Waals surface area contributed by atoms with Crippen molar-refractivity contribution in [1.82, 2.24) is 0 Å². The Morgan fingerprint density at radius 3 is 2.00 bits per heavy atom. The first-order chi connectivity index (χ1) is 14.0. The number of primary amides is 1. The maximum atomic E-state index is 13.0. The van der Waals surface area contributed by atoms with E-state index in [1.807, 2.05) is 0 Å². The summed E-state index contributed by atoms with van der Waals surface area (Å²) in [7, 11) is 0. The summed E-state index contributed by atoms with van der Waals surface area (Å²) >= 11 is 0. The molecule has 148 valence electrons. The van der Waals surface area contributed by atoms with Gasteiger partial charge in [-0.3, -0.25) is 4.79 Å². The Balaban J connectivity index is 1.80. The molecule has 3 N–H and O–H groups in total. The summed E-state index contributed by atoms with van der Waals surface area (Å²) in [6.45, 7) is -0.320. The van der Waals surface area contributed by atoms with Gasteiger partial charge in [-0.05, 0) is 28.8 Å². The molecule has 0 fully saturated rings. The van der Waals surface area contributed by atoms with E-state index in [-0.39, 0.29) is 13.2 Å². The molecule has 1 amide bonds. The largest absolute Gasteiger partial charge is 0.484 e. The molecule has 29 heavy (non-hydrogen) atoms. The Morgan fingerprint density at radius 2 is 1.45 bits per heavy atom. The second-order valence-electron chi connectivity index (χ2n) is 6.42. The molecule has 6 heteroatoms. The molecular weight excluding hydrogens is 370 g/mol. The maximum Gasteiger partial charge on any atom is 0.348 e. The third-order valence-corrected chi connectivity index (χ3v) is 4.33. The standard InChI is InChI=1S/C23H21NO5/c24-21(25)16-28-20-13-7-8-17(14-20)15-29-22(26)23(27,18-9-3-1-4-10-18)19-11-5-2-6-12-19/h1-14,27H,15-16H2,(H2,24,25). The predicted molar refractivity (Wildman–Crippen MR) is 107 cm³/mol. The van der Waals surface area contributed by atoms with E-state index in [1.165, 1.54) is 0 Å². The van der Waals surface area contributed by atoms with Gasteiger partial charge in [0.15, 0.2) is 6.61 Å². The van der Waals surface area contributed by atoms with E-state index in [1.54, 1.807) is 84.9 Å². The zero-order chi connectivity index (χ0) is 20.7. The third kappa shape index (κ3) is 4.80. The molecule has 3 aromatic rings. The first kappa shape index (κ1) is 20.1. The molecule has 0 aromatic heterocycles. The Morgan fingerprint density at radius 1 is 0.862 bits per heavy atom. The fourth-order valence-corrected chi connectivity index (χ4v) is 2.89. The Labute approximate surface area is 168 Å². The number of amides is 1. The van der Waals surface area contributed by atoms with Gasteiger partial charge in [-0.15, -0.1) is 0 Å². The predicted octanol–water partition coefficient (Wildman–Crippen LogP) is 2.53. The summed E-state index contributed by atoms with van der Waals surface area (Å²) in [5.74, 6) is -0.949. The molecule has 0 heterocycles. The van der Waals surface area contributed by atoms with Crippen LogP contribution in [-0.4, -0.2) is 23.6 Å². The van der Waals surface area contributed by atoms with Gasteiger partial charge < -0.3 is 20.3 Å². The molecular formula is C23H21NO5. The van der Waals surface area contributed by atoms with Gasteiger partial charge in [0.25, 0.3) is 5.91 Å². The minimum absolute atomic E-state index is 0.0748. The summed E-state index contributed by atoms with van der Waals surface area (Å²) < 4.78 is 10.7. The molecule has 0 saturated heterocycles. The second kappa shape index (κ2) is 9.03. The fraction of sp³-hybridized carbons (Fsp3) is 0.130. The van der Waals surface area contributed by atoms with E-state index < -0.39 is 17.5 Å². The molecule has 0 radical (unpaired) electrons. The number of aliphatic hydroxyl groups is 1. The van der Waals surface area contributed by atoms with Crippen molar-refractivity contribution in [1.29, 1.82) is 0 Å². The first-order valence-electron chi connectivity index (χ1n) is 9.01. The summed E-state index contributed by atoms with van der Waals surface area (Å²) in [4.78, 5) is 23.8. The van der Waals surface area contributed by atoms with Crippen LogP contribution in [-0.2, 0) is 26.5 Å². The van der Waals surface area contributed by atoms with Crippen molar-refractivity contribution in [3.8, 4) is 5.75 Å².